The Balaban J connectivity index is 1.81. The molecule has 1 saturated heterocycles. The summed E-state index contributed by atoms with van der Waals surface area (Å²) in [4.78, 5) is 25.3. The molecule has 1 fully saturated rings. The average Bonchev–Trinajstić information content (AvgIpc) is 3.03. The summed E-state index contributed by atoms with van der Waals surface area (Å²) in [7, 11) is 0. The van der Waals surface area contributed by atoms with Crippen molar-refractivity contribution in [3.8, 4) is 0 Å². The normalized spacial score (nSPS) is 24.8. The van der Waals surface area contributed by atoms with Crippen LogP contribution in [-0.4, -0.2) is 34.5 Å². The molecule has 1 aromatic rings. The van der Waals surface area contributed by atoms with Crippen LogP contribution < -0.4 is 5.32 Å². The van der Waals surface area contributed by atoms with E-state index in [9.17, 15) is 9.59 Å². The highest BCUT2D eigenvalue weighted by Gasteiger charge is 2.38. The lowest BCUT2D eigenvalue weighted by Crippen LogP contribution is -2.37. The van der Waals surface area contributed by atoms with Crippen LogP contribution >= 0.6 is 0 Å². The summed E-state index contributed by atoms with van der Waals surface area (Å²) in [5, 5.41) is 12.4. The van der Waals surface area contributed by atoms with Crippen molar-refractivity contribution in [1.29, 1.82) is 0 Å². The molecule has 20 heavy (non-hydrogen) atoms. The van der Waals surface area contributed by atoms with Crippen molar-refractivity contribution >= 4 is 11.9 Å². The van der Waals surface area contributed by atoms with Gasteiger partial charge in [-0.15, -0.1) is 0 Å². The van der Waals surface area contributed by atoms with E-state index in [1.165, 1.54) is 5.56 Å². The van der Waals surface area contributed by atoms with Gasteiger partial charge in [-0.1, -0.05) is 6.07 Å². The number of nitrogens with zero attached hydrogens (tertiary/aromatic N) is 1. The van der Waals surface area contributed by atoms with Crippen molar-refractivity contribution < 1.29 is 14.7 Å². The summed E-state index contributed by atoms with van der Waals surface area (Å²) < 4.78 is 0. The fourth-order valence-corrected chi connectivity index (χ4v) is 3.15. The second-order valence-corrected chi connectivity index (χ2v) is 5.56. The van der Waals surface area contributed by atoms with Gasteiger partial charge < -0.3 is 15.3 Å². The molecule has 0 saturated carbocycles. The summed E-state index contributed by atoms with van der Waals surface area (Å²) >= 11 is 0. The van der Waals surface area contributed by atoms with Gasteiger partial charge in [-0.25, -0.2) is 0 Å². The topological polar surface area (TPSA) is 69.6 Å². The predicted molar refractivity (Wildman–Crippen MR) is 73.2 cm³/mol. The Morgan fingerprint density at radius 2 is 2.05 bits per heavy atom. The van der Waals surface area contributed by atoms with Crippen LogP contribution in [0.15, 0.2) is 18.2 Å². The monoisotopic (exact) mass is 274 g/mol. The highest BCUT2D eigenvalue weighted by Crippen LogP contribution is 2.27. The van der Waals surface area contributed by atoms with Crippen LogP contribution in [-0.2, 0) is 17.9 Å². The number of hydrogen-bond acceptors (Lipinski definition) is 3. The third-order valence-corrected chi connectivity index (χ3v) is 4.42. The lowest BCUT2D eigenvalue weighted by molar-refractivity contribution is -0.142. The van der Waals surface area contributed by atoms with Crippen LogP contribution in [0, 0.1) is 5.92 Å². The minimum atomic E-state index is -0.814. The lowest BCUT2D eigenvalue weighted by Gasteiger charge is -2.23. The van der Waals surface area contributed by atoms with Gasteiger partial charge in [-0.05, 0) is 36.6 Å². The smallest absolute Gasteiger partial charge is 0.308 e. The fourth-order valence-electron chi connectivity index (χ4n) is 3.15. The summed E-state index contributed by atoms with van der Waals surface area (Å²) in [6.07, 6.45) is 0.536. The second kappa shape index (κ2) is 4.90. The van der Waals surface area contributed by atoms with Gasteiger partial charge in [0.15, 0.2) is 0 Å². The van der Waals surface area contributed by atoms with Crippen LogP contribution in [0.25, 0.3) is 0 Å². The minimum Gasteiger partial charge on any atom is -0.481 e. The third kappa shape index (κ3) is 2.08. The fraction of sp³-hybridized carbons (Fsp3) is 0.467. The molecule has 2 atom stereocenters. The Morgan fingerprint density at radius 1 is 1.30 bits per heavy atom. The number of carboxylic acids is 1. The molecule has 2 N–H and O–H groups in total. The molecule has 1 aromatic carbocycles. The maximum atomic E-state index is 12.5. The molecule has 3 rings (SSSR count). The molecule has 2 aliphatic heterocycles. The third-order valence-electron chi connectivity index (χ3n) is 4.42. The molecule has 106 valence electrons. The Bertz CT molecular complexity index is 570. The molecule has 0 aliphatic carbocycles. The van der Waals surface area contributed by atoms with E-state index in [0.717, 1.165) is 18.7 Å². The van der Waals surface area contributed by atoms with Gasteiger partial charge in [0, 0.05) is 31.2 Å². The zero-order chi connectivity index (χ0) is 14.3. The average molecular weight is 274 g/mol. The van der Waals surface area contributed by atoms with E-state index in [1.54, 1.807) is 4.90 Å². The van der Waals surface area contributed by atoms with E-state index in [-0.39, 0.29) is 11.9 Å². The number of amides is 1. The van der Waals surface area contributed by atoms with E-state index < -0.39 is 11.9 Å². The summed E-state index contributed by atoms with van der Waals surface area (Å²) in [5.41, 5.74) is 3.06. The summed E-state index contributed by atoms with van der Waals surface area (Å²) in [5.74, 6) is -1.32. The number of likely N-dealkylation sites (tertiary alicyclic amines) is 1. The second-order valence-electron chi connectivity index (χ2n) is 5.56. The quantitative estimate of drug-likeness (QED) is 0.851. The molecule has 2 aliphatic rings. The molecular formula is C15H18N2O3. The number of carbonyl (C=O) groups excluding carboxylic acids is 1. The molecule has 0 bridgehead atoms. The van der Waals surface area contributed by atoms with Gasteiger partial charge in [0.05, 0.1) is 5.92 Å². The Hall–Kier alpha value is -1.88. The van der Waals surface area contributed by atoms with Crippen molar-refractivity contribution in [2.75, 3.05) is 6.54 Å². The van der Waals surface area contributed by atoms with Gasteiger partial charge in [-0.2, -0.15) is 0 Å². The zero-order valence-corrected chi connectivity index (χ0v) is 11.4. The highest BCUT2D eigenvalue weighted by atomic mass is 16.4. The first kappa shape index (κ1) is 13.1. The molecule has 0 aromatic heterocycles. The van der Waals surface area contributed by atoms with Crippen molar-refractivity contribution in [2.45, 2.75) is 32.5 Å². The van der Waals surface area contributed by atoms with Crippen molar-refractivity contribution in [1.82, 2.24) is 10.2 Å². The Labute approximate surface area is 117 Å². The minimum absolute atomic E-state index is 0.0593. The van der Waals surface area contributed by atoms with Crippen LogP contribution in [0.5, 0.6) is 0 Å². The highest BCUT2D eigenvalue weighted by molar-refractivity contribution is 5.95. The molecule has 2 heterocycles. The predicted octanol–water partition coefficient (Wildman–Crippen LogP) is 1.23. The van der Waals surface area contributed by atoms with Crippen molar-refractivity contribution in [3.63, 3.8) is 0 Å². The number of rotatable bonds is 2. The van der Waals surface area contributed by atoms with E-state index in [2.05, 4.69) is 5.32 Å². The molecule has 0 spiro atoms. The van der Waals surface area contributed by atoms with E-state index >= 15 is 0 Å². The van der Waals surface area contributed by atoms with Gasteiger partial charge in [0.1, 0.15) is 0 Å². The number of benzene rings is 1. The number of carbonyl (C=O) groups is 2. The summed E-state index contributed by atoms with van der Waals surface area (Å²) in [6, 6.07) is 5.51. The first-order valence-corrected chi connectivity index (χ1v) is 6.94. The van der Waals surface area contributed by atoms with E-state index in [0.29, 0.717) is 18.5 Å². The van der Waals surface area contributed by atoms with Crippen LogP contribution in [0.1, 0.15) is 34.8 Å². The van der Waals surface area contributed by atoms with Crippen LogP contribution in [0.4, 0.5) is 0 Å². The molecular weight excluding hydrogens is 256 g/mol. The van der Waals surface area contributed by atoms with Gasteiger partial charge in [-0.3, -0.25) is 9.59 Å². The standard InChI is InChI=1S/C15H18N2O3/c1-9-13(15(19)20)4-5-17(9)14(18)10-2-3-11-7-16-8-12(11)6-10/h2-3,6,9,13,16H,4-5,7-8H2,1H3,(H,19,20). The number of aliphatic carboxylic acids is 1. The van der Waals surface area contributed by atoms with E-state index in [1.807, 2.05) is 25.1 Å². The number of fused-ring (bicyclic) bond motifs is 1. The SMILES string of the molecule is CC1C(C(=O)O)CCN1C(=O)c1ccc2c(c1)CNC2. The lowest BCUT2D eigenvalue weighted by atomic mass is 10.0. The summed E-state index contributed by atoms with van der Waals surface area (Å²) in [6.45, 7) is 3.99. The number of nitrogens with one attached hydrogen (secondary N) is 1. The Kier molecular flexibility index (Phi) is 3.22. The molecule has 0 radical (unpaired) electrons. The molecule has 1 amide bonds. The maximum Gasteiger partial charge on any atom is 0.308 e. The first-order chi connectivity index (χ1) is 9.58. The molecule has 2 unspecified atom stereocenters. The zero-order valence-electron chi connectivity index (χ0n) is 11.4. The first-order valence-electron chi connectivity index (χ1n) is 6.94. The van der Waals surface area contributed by atoms with Crippen molar-refractivity contribution in [3.05, 3.63) is 34.9 Å². The van der Waals surface area contributed by atoms with Gasteiger partial charge >= 0.3 is 5.97 Å². The van der Waals surface area contributed by atoms with Crippen LogP contribution in [0.3, 0.4) is 0 Å². The molecule has 5 heteroatoms. The van der Waals surface area contributed by atoms with E-state index in [4.69, 9.17) is 5.11 Å². The van der Waals surface area contributed by atoms with Crippen molar-refractivity contribution in [2.24, 2.45) is 5.92 Å². The van der Waals surface area contributed by atoms with Gasteiger partial charge in [0.25, 0.3) is 5.91 Å². The maximum absolute atomic E-state index is 12.5. The Morgan fingerprint density at radius 3 is 2.75 bits per heavy atom. The molecule has 5 nitrogen and oxygen atoms in total. The number of hydrogen-bond donors (Lipinski definition) is 2. The van der Waals surface area contributed by atoms with Crippen LogP contribution in [0.2, 0.25) is 0 Å². The largest absolute Gasteiger partial charge is 0.481 e. The van der Waals surface area contributed by atoms with Gasteiger partial charge in [0.2, 0.25) is 0 Å². The number of carboxylic acid groups (broad SMARTS) is 1.